The second-order valence-electron chi connectivity index (χ2n) is 10.1. The Morgan fingerprint density at radius 2 is 2.10 bits per heavy atom. The summed E-state index contributed by atoms with van der Waals surface area (Å²) in [5.41, 5.74) is -0.460. The molecule has 0 spiro atoms. The average Bonchev–Trinajstić information content (AvgIpc) is 3.14. The number of nitrogens with one attached hydrogen (secondary N) is 2. The average molecular weight is 434 g/mol. The lowest BCUT2D eigenvalue weighted by molar-refractivity contribution is 0.0206. The Labute approximate surface area is 179 Å². The number of piperidine rings is 1. The molecular formula is C22H29F2N5O2. The van der Waals surface area contributed by atoms with Crippen LogP contribution in [0.25, 0.3) is 11.0 Å². The van der Waals surface area contributed by atoms with Gasteiger partial charge in [-0.1, -0.05) is 6.42 Å². The van der Waals surface area contributed by atoms with Crippen molar-refractivity contribution in [3.63, 3.8) is 0 Å². The van der Waals surface area contributed by atoms with E-state index in [1.807, 2.05) is 20.8 Å². The van der Waals surface area contributed by atoms with Crippen molar-refractivity contribution in [1.82, 2.24) is 19.9 Å². The minimum atomic E-state index is -2.67. The number of carbonyl (C=O) groups excluding carboxylic acids is 1. The molecule has 3 fully saturated rings. The van der Waals surface area contributed by atoms with E-state index in [4.69, 9.17) is 4.74 Å². The van der Waals surface area contributed by atoms with Crippen LogP contribution in [0.3, 0.4) is 0 Å². The Morgan fingerprint density at radius 3 is 2.81 bits per heavy atom. The van der Waals surface area contributed by atoms with Gasteiger partial charge in [-0.25, -0.2) is 23.5 Å². The molecule has 7 nitrogen and oxygen atoms in total. The maximum atomic E-state index is 14.7. The first-order valence-corrected chi connectivity index (χ1v) is 11.1. The van der Waals surface area contributed by atoms with Gasteiger partial charge >= 0.3 is 6.09 Å². The SMILES string of the molecule is CC(C)(C)OC(=O)N1CCC[C@@H](Nc2ncnc3[nH]cc(C45CCCC4C5(F)F)c23)C1. The molecule has 0 aromatic carbocycles. The van der Waals surface area contributed by atoms with Crippen molar-refractivity contribution < 1.29 is 18.3 Å². The predicted octanol–water partition coefficient (Wildman–Crippen LogP) is 4.46. The summed E-state index contributed by atoms with van der Waals surface area (Å²) >= 11 is 0. The van der Waals surface area contributed by atoms with Gasteiger partial charge in [0.2, 0.25) is 0 Å². The zero-order valence-corrected chi connectivity index (χ0v) is 18.2. The number of fused-ring (bicyclic) bond motifs is 2. The second-order valence-corrected chi connectivity index (χ2v) is 10.1. The normalized spacial score (nSPS) is 29.6. The highest BCUT2D eigenvalue weighted by atomic mass is 19.3. The van der Waals surface area contributed by atoms with Gasteiger partial charge in [0.1, 0.15) is 23.4 Å². The lowest BCUT2D eigenvalue weighted by Crippen LogP contribution is -2.47. The van der Waals surface area contributed by atoms with Crippen LogP contribution in [0, 0.1) is 5.92 Å². The van der Waals surface area contributed by atoms with Crippen LogP contribution in [0.1, 0.15) is 58.4 Å². The van der Waals surface area contributed by atoms with Crippen molar-refractivity contribution in [1.29, 1.82) is 0 Å². The summed E-state index contributed by atoms with van der Waals surface area (Å²) in [6.07, 6.45) is 6.34. The molecule has 31 heavy (non-hydrogen) atoms. The number of hydrogen-bond donors (Lipinski definition) is 2. The van der Waals surface area contributed by atoms with Crippen molar-refractivity contribution in [2.75, 3.05) is 18.4 Å². The quantitative estimate of drug-likeness (QED) is 0.747. The Hall–Kier alpha value is -2.45. The Morgan fingerprint density at radius 1 is 1.29 bits per heavy atom. The van der Waals surface area contributed by atoms with Crippen LogP contribution in [0.5, 0.6) is 0 Å². The minimum Gasteiger partial charge on any atom is -0.444 e. The van der Waals surface area contributed by atoms with E-state index in [0.29, 0.717) is 48.3 Å². The van der Waals surface area contributed by atoms with Gasteiger partial charge in [0.15, 0.2) is 0 Å². The van der Waals surface area contributed by atoms with Crippen LogP contribution in [-0.2, 0) is 10.2 Å². The highest BCUT2D eigenvalue weighted by Crippen LogP contribution is 2.75. The number of H-pyrrole nitrogens is 1. The van der Waals surface area contributed by atoms with Crippen molar-refractivity contribution in [3.8, 4) is 0 Å². The summed E-state index contributed by atoms with van der Waals surface area (Å²) in [4.78, 5) is 25.9. The minimum absolute atomic E-state index is 0.0429. The summed E-state index contributed by atoms with van der Waals surface area (Å²) in [5.74, 6) is -2.71. The van der Waals surface area contributed by atoms with Crippen LogP contribution in [0.15, 0.2) is 12.5 Å². The number of anilines is 1. The van der Waals surface area contributed by atoms with E-state index in [-0.39, 0.29) is 12.1 Å². The van der Waals surface area contributed by atoms with Crippen molar-refractivity contribution in [2.24, 2.45) is 5.92 Å². The highest BCUT2D eigenvalue weighted by molar-refractivity contribution is 5.92. The first kappa shape index (κ1) is 20.5. The molecule has 1 aliphatic heterocycles. The van der Waals surface area contributed by atoms with E-state index in [1.54, 1.807) is 11.1 Å². The maximum Gasteiger partial charge on any atom is 0.410 e. The first-order valence-electron chi connectivity index (χ1n) is 11.1. The van der Waals surface area contributed by atoms with Crippen molar-refractivity contribution in [3.05, 3.63) is 18.1 Å². The third-order valence-corrected chi connectivity index (χ3v) is 6.97. The highest BCUT2D eigenvalue weighted by Gasteiger charge is 2.82. The molecule has 2 unspecified atom stereocenters. The third-order valence-electron chi connectivity index (χ3n) is 6.97. The lowest BCUT2D eigenvalue weighted by atomic mass is 9.92. The topological polar surface area (TPSA) is 83.1 Å². The summed E-state index contributed by atoms with van der Waals surface area (Å²) in [6, 6.07) is -0.0429. The molecule has 2 aromatic rings. The smallest absolute Gasteiger partial charge is 0.410 e. The lowest BCUT2D eigenvalue weighted by Gasteiger charge is -2.34. The first-order chi connectivity index (χ1) is 14.6. The van der Waals surface area contributed by atoms with E-state index in [1.165, 1.54) is 6.33 Å². The largest absolute Gasteiger partial charge is 0.444 e. The number of aromatic nitrogens is 3. The van der Waals surface area contributed by atoms with E-state index < -0.39 is 22.9 Å². The second kappa shape index (κ2) is 6.77. The molecule has 5 rings (SSSR count). The summed E-state index contributed by atoms with van der Waals surface area (Å²) in [7, 11) is 0. The van der Waals surface area contributed by atoms with Crippen LogP contribution >= 0.6 is 0 Å². The number of ether oxygens (including phenoxy) is 1. The van der Waals surface area contributed by atoms with Gasteiger partial charge in [-0.05, 0) is 52.0 Å². The number of likely N-dealkylation sites (tertiary alicyclic amines) is 1. The monoisotopic (exact) mass is 433 g/mol. The number of carbonyl (C=O) groups is 1. The maximum absolute atomic E-state index is 14.7. The number of halogens is 2. The van der Waals surface area contributed by atoms with E-state index >= 15 is 0 Å². The van der Waals surface area contributed by atoms with Gasteiger partial charge in [0.25, 0.3) is 5.92 Å². The third kappa shape index (κ3) is 3.15. The molecule has 168 valence electrons. The molecule has 0 bridgehead atoms. The molecule has 3 aliphatic rings. The molecule has 3 heterocycles. The summed E-state index contributed by atoms with van der Waals surface area (Å²) < 4.78 is 34.9. The predicted molar refractivity (Wildman–Crippen MR) is 112 cm³/mol. The van der Waals surface area contributed by atoms with E-state index in [9.17, 15) is 13.6 Å². The standard InChI is InChI=1S/C22H29F2N5O2/c1-20(2,3)31-19(30)29-9-5-6-13(11-29)28-18-16-14(10-25-17(16)26-12-27-18)21-8-4-7-15(21)22(21,23)24/h10,12-13,15H,4-9,11H2,1-3H3,(H2,25,26,27,28)/t13-,15?,21?/m1/s1. The van der Waals surface area contributed by atoms with Gasteiger partial charge in [-0.15, -0.1) is 0 Å². The number of aromatic amines is 1. The Kier molecular flexibility index (Phi) is 4.47. The molecule has 1 amide bonds. The fourth-order valence-corrected chi connectivity index (χ4v) is 5.59. The Bertz CT molecular complexity index is 1020. The number of hydrogen-bond acceptors (Lipinski definition) is 5. The van der Waals surface area contributed by atoms with Gasteiger partial charge in [0, 0.05) is 31.2 Å². The van der Waals surface area contributed by atoms with Crippen LogP contribution in [0.4, 0.5) is 19.4 Å². The molecule has 3 atom stereocenters. The summed E-state index contributed by atoms with van der Waals surface area (Å²) in [6.45, 7) is 6.65. The van der Waals surface area contributed by atoms with Gasteiger partial charge in [-0.3, -0.25) is 0 Å². The fraction of sp³-hybridized carbons (Fsp3) is 0.682. The molecular weight excluding hydrogens is 404 g/mol. The molecule has 0 radical (unpaired) electrons. The Balaban J connectivity index is 1.40. The van der Waals surface area contributed by atoms with E-state index in [0.717, 1.165) is 19.3 Å². The van der Waals surface area contributed by atoms with Crippen molar-refractivity contribution in [2.45, 2.75) is 75.9 Å². The van der Waals surface area contributed by atoms with Crippen LogP contribution < -0.4 is 5.32 Å². The number of amides is 1. The van der Waals surface area contributed by atoms with Crippen LogP contribution in [0.2, 0.25) is 0 Å². The van der Waals surface area contributed by atoms with Gasteiger partial charge < -0.3 is 19.9 Å². The molecule has 2 aromatic heterocycles. The zero-order chi connectivity index (χ0) is 22.0. The van der Waals surface area contributed by atoms with Gasteiger partial charge in [0.05, 0.1) is 10.8 Å². The number of alkyl halides is 2. The van der Waals surface area contributed by atoms with Crippen LogP contribution in [-0.4, -0.2) is 56.6 Å². The van der Waals surface area contributed by atoms with E-state index in [2.05, 4.69) is 20.3 Å². The number of rotatable bonds is 3. The molecule has 2 aliphatic carbocycles. The molecule has 2 N–H and O–H groups in total. The van der Waals surface area contributed by atoms with Gasteiger partial charge in [-0.2, -0.15) is 0 Å². The molecule has 1 saturated heterocycles. The molecule has 2 saturated carbocycles. The zero-order valence-electron chi connectivity index (χ0n) is 18.2. The van der Waals surface area contributed by atoms with Crippen molar-refractivity contribution >= 4 is 22.9 Å². The molecule has 9 heteroatoms. The fourth-order valence-electron chi connectivity index (χ4n) is 5.59. The number of nitrogens with zero attached hydrogens (tertiary/aromatic N) is 3. The summed E-state index contributed by atoms with van der Waals surface area (Å²) in [5, 5.41) is 4.07.